The van der Waals surface area contributed by atoms with Crippen molar-refractivity contribution in [3.8, 4) is 0 Å². The molecule has 0 unspecified atom stereocenters. The van der Waals surface area contributed by atoms with Crippen molar-refractivity contribution < 1.29 is 14.3 Å². The van der Waals surface area contributed by atoms with Crippen LogP contribution in [-0.4, -0.2) is 39.3 Å². The molecule has 2 N–H and O–H groups in total. The van der Waals surface area contributed by atoms with E-state index < -0.39 is 5.97 Å². The van der Waals surface area contributed by atoms with Crippen LogP contribution in [0.5, 0.6) is 0 Å². The maximum Gasteiger partial charge on any atom is 0.342 e. The molecule has 1 fully saturated rings. The summed E-state index contributed by atoms with van der Waals surface area (Å²) < 4.78 is 5.81. The Morgan fingerprint density at radius 2 is 2.20 bits per heavy atom. The summed E-state index contributed by atoms with van der Waals surface area (Å²) in [5, 5.41) is 16.7. The summed E-state index contributed by atoms with van der Waals surface area (Å²) in [5.41, 5.74) is 0. The van der Waals surface area contributed by atoms with Gasteiger partial charge in [-0.05, 0) is 43.5 Å². The highest BCUT2D eigenvalue weighted by Gasteiger charge is 2.17. The molecule has 3 heterocycles. The lowest BCUT2D eigenvalue weighted by atomic mass is 10.1. The van der Waals surface area contributed by atoms with Crippen LogP contribution in [0.15, 0.2) is 26.6 Å². The number of carboxylic acid groups (broad SMARTS) is 1. The maximum absolute atomic E-state index is 11.5. The van der Waals surface area contributed by atoms with E-state index in [1.807, 2.05) is 6.07 Å². The number of aromatic amines is 1. The Bertz CT molecular complexity index is 747. The predicted molar refractivity (Wildman–Crippen MR) is 96.6 cm³/mol. The van der Waals surface area contributed by atoms with Gasteiger partial charge >= 0.3 is 5.97 Å². The number of aromatic nitrogens is 3. The van der Waals surface area contributed by atoms with Crippen LogP contribution < -0.4 is 4.90 Å². The molecule has 3 rings (SSSR count). The standard InChI is InChI=1S/C17H22N4O3S/c1-2-6-14-18-17(20-19-14)25-13(16(22)23)11-12-7-8-15(24-12)21-9-4-3-5-10-21/h7-8,11H,2-6,9-10H2,1H3,(H,22,23)(H,18,19,20)/b13-11+. The SMILES string of the molecule is CCCc1nc(S/C(=C/c2ccc(N3CCCCC3)o2)C(=O)O)n[nH]1. The number of aryl methyl sites for hydroxylation is 1. The lowest BCUT2D eigenvalue weighted by molar-refractivity contribution is -0.131. The van der Waals surface area contributed by atoms with Crippen molar-refractivity contribution in [3.05, 3.63) is 28.6 Å². The fourth-order valence-electron chi connectivity index (χ4n) is 2.74. The fraction of sp³-hybridized carbons (Fsp3) is 0.471. The molecule has 0 amide bonds. The number of carboxylic acids is 1. The molecule has 0 aromatic carbocycles. The molecule has 0 bridgehead atoms. The van der Waals surface area contributed by atoms with Crippen LogP contribution in [0, 0.1) is 0 Å². The van der Waals surface area contributed by atoms with Crippen LogP contribution in [0.1, 0.15) is 44.2 Å². The van der Waals surface area contributed by atoms with Crippen molar-refractivity contribution in [2.45, 2.75) is 44.2 Å². The molecule has 8 heteroatoms. The predicted octanol–water partition coefficient (Wildman–Crippen LogP) is 3.56. The van der Waals surface area contributed by atoms with Crippen LogP contribution in [0.3, 0.4) is 0 Å². The van der Waals surface area contributed by atoms with E-state index in [-0.39, 0.29) is 4.91 Å². The highest BCUT2D eigenvalue weighted by molar-refractivity contribution is 8.04. The first kappa shape index (κ1) is 17.6. The second kappa shape index (κ2) is 8.24. The first-order valence-corrected chi connectivity index (χ1v) is 9.36. The van der Waals surface area contributed by atoms with E-state index >= 15 is 0 Å². The van der Waals surface area contributed by atoms with Crippen LogP contribution in [0.2, 0.25) is 0 Å². The Hall–Kier alpha value is -2.22. The van der Waals surface area contributed by atoms with E-state index in [9.17, 15) is 9.90 Å². The molecular formula is C17H22N4O3S. The number of hydrogen-bond acceptors (Lipinski definition) is 6. The number of piperidine rings is 1. The van der Waals surface area contributed by atoms with E-state index in [1.54, 1.807) is 6.07 Å². The lowest BCUT2D eigenvalue weighted by Gasteiger charge is -2.25. The number of carbonyl (C=O) groups is 1. The summed E-state index contributed by atoms with van der Waals surface area (Å²) in [6, 6.07) is 3.70. The van der Waals surface area contributed by atoms with E-state index in [1.165, 1.54) is 12.5 Å². The number of rotatable bonds is 7. The molecule has 2 aromatic rings. The van der Waals surface area contributed by atoms with Crippen molar-refractivity contribution >= 4 is 29.7 Å². The molecule has 0 radical (unpaired) electrons. The molecule has 25 heavy (non-hydrogen) atoms. The van der Waals surface area contributed by atoms with Crippen molar-refractivity contribution in [2.24, 2.45) is 0 Å². The number of H-pyrrole nitrogens is 1. The monoisotopic (exact) mass is 362 g/mol. The van der Waals surface area contributed by atoms with Gasteiger partial charge in [0, 0.05) is 31.7 Å². The summed E-state index contributed by atoms with van der Waals surface area (Å²) in [7, 11) is 0. The van der Waals surface area contributed by atoms with Crippen molar-refractivity contribution in [1.29, 1.82) is 0 Å². The van der Waals surface area contributed by atoms with Crippen LogP contribution in [-0.2, 0) is 11.2 Å². The third-order valence-corrected chi connectivity index (χ3v) is 4.84. The topological polar surface area (TPSA) is 95.2 Å². The average molecular weight is 362 g/mol. The Morgan fingerprint density at radius 3 is 2.92 bits per heavy atom. The van der Waals surface area contributed by atoms with E-state index in [4.69, 9.17) is 4.42 Å². The normalized spacial score (nSPS) is 15.6. The third-order valence-electron chi connectivity index (χ3n) is 3.96. The molecule has 2 aromatic heterocycles. The van der Waals surface area contributed by atoms with Crippen LogP contribution in [0.25, 0.3) is 6.08 Å². The van der Waals surface area contributed by atoms with Gasteiger partial charge in [0.25, 0.3) is 0 Å². The Balaban J connectivity index is 1.73. The molecule has 0 saturated carbocycles. The van der Waals surface area contributed by atoms with Gasteiger partial charge in [-0.3, -0.25) is 5.10 Å². The molecule has 0 atom stereocenters. The van der Waals surface area contributed by atoms with Crippen molar-refractivity contribution in [2.75, 3.05) is 18.0 Å². The van der Waals surface area contributed by atoms with Gasteiger partial charge in [-0.1, -0.05) is 6.92 Å². The van der Waals surface area contributed by atoms with Crippen LogP contribution >= 0.6 is 11.8 Å². The van der Waals surface area contributed by atoms with E-state index in [2.05, 4.69) is 27.0 Å². The number of thioether (sulfide) groups is 1. The second-order valence-electron chi connectivity index (χ2n) is 5.95. The summed E-state index contributed by atoms with van der Waals surface area (Å²) in [6.07, 6.45) is 6.83. The molecule has 7 nitrogen and oxygen atoms in total. The van der Waals surface area contributed by atoms with E-state index in [0.29, 0.717) is 10.9 Å². The number of hydrogen-bond donors (Lipinski definition) is 2. The van der Waals surface area contributed by atoms with E-state index in [0.717, 1.165) is 62.2 Å². The van der Waals surface area contributed by atoms with Gasteiger partial charge in [0.15, 0.2) is 5.88 Å². The van der Waals surface area contributed by atoms with Crippen molar-refractivity contribution in [3.63, 3.8) is 0 Å². The number of nitrogens with one attached hydrogen (secondary N) is 1. The van der Waals surface area contributed by atoms with Gasteiger partial charge < -0.3 is 14.4 Å². The minimum atomic E-state index is -1.03. The second-order valence-corrected chi connectivity index (χ2v) is 6.96. The zero-order valence-electron chi connectivity index (χ0n) is 14.2. The largest absolute Gasteiger partial charge is 0.477 e. The number of anilines is 1. The molecule has 1 aliphatic heterocycles. The van der Waals surface area contributed by atoms with Gasteiger partial charge in [-0.15, -0.1) is 5.10 Å². The van der Waals surface area contributed by atoms with Gasteiger partial charge in [0.1, 0.15) is 16.5 Å². The van der Waals surface area contributed by atoms with Gasteiger partial charge in [0.2, 0.25) is 5.16 Å². The first-order chi connectivity index (χ1) is 12.2. The minimum absolute atomic E-state index is 0.126. The highest BCUT2D eigenvalue weighted by Crippen LogP contribution is 2.28. The van der Waals surface area contributed by atoms with Gasteiger partial charge in [-0.2, -0.15) is 0 Å². The zero-order valence-corrected chi connectivity index (χ0v) is 15.0. The van der Waals surface area contributed by atoms with Gasteiger partial charge in [0.05, 0.1) is 0 Å². The van der Waals surface area contributed by atoms with Gasteiger partial charge in [-0.25, -0.2) is 9.78 Å². The Kier molecular flexibility index (Phi) is 5.80. The summed E-state index contributed by atoms with van der Waals surface area (Å²) in [6.45, 7) is 4.01. The first-order valence-electron chi connectivity index (χ1n) is 8.54. The molecule has 1 saturated heterocycles. The summed E-state index contributed by atoms with van der Waals surface area (Å²) >= 11 is 1.02. The number of nitrogens with zero attached hydrogens (tertiary/aromatic N) is 3. The lowest BCUT2D eigenvalue weighted by Crippen LogP contribution is -2.28. The molecule has 0 spiro atoms. The molecule has 134 valence electrons. The highest BCUT2D eigenvalue weighted by atomic mass is 32.2. The fourth-order valence-corrected chi connectivity index (χ4v) is 3.44. The summed E-state index contributed by atoms with van der Waals surface area (Å²) in [4.78, 5) is 18.2. The smallest absolute Gasteiger partial charge is 0.342 e. The van der Waals surface area contributed by atoms with Crippen LogP contribution in [0.4, 0.5) is 5.88 Å². The minimum Gasteiger partial charge on any atom is -0.477 e. The Morgan fingerprint density at radius 1 is 1.40 bits per heavy atom. The Labute approximate surface area is 150 Å². The average Bonchev–Trinajstić information content (AvgIpc) is 3.25. The van der Waals surface area contributed by atoms with Crippen molar-refractivity contribution in [1.82, 2.24) is 15.2 Å². The zero-order chi connectivity index (χ0) is 17.6. The number of furan rings is 1. The maximum atomic E-state index is 11.5. The number of aliphatic carboxylic acids is 1. The summed E-state index contributed by atoms with van der Waals surface area (Å²) in [5.74, 6) is 1.06. The molecule has 1 aliphatic rings. The third kappa shape index (κ3) is 4.66. The molecular weight excluding hydrogens is 340 g/mol. The quantitative estimate of drug-likeness (QED) is 0.574. The molecule has 0 aliphatic carbocycles.